The maximum absolute atomic E-state index is 12.8. The number of thiophene rings is 1. The van der Waals surface area contributed by atoms with Crippen LogP contribution in [0.2, 0.25) is 0 Å². The molecule has 0 aliphatic carbocycles. The highest BCUT2D eigenvalue weighted by Crippen LogP contribution is 2.35. The van der Waals surface area contributed by atoms with E-state index in [0.29, 0.717) is 21.1 Å². The Morgan fingerprint density at radius 1 is 1.09 bits per heavy atom. The molecule has 32 heavy (non-hydrogen) atoms. The molecule has 0 atom stereocenters. The van der Waals surface area contributed by atoms with Gasteiger partial charge in [-0.15, -0.1) is 11.3 Å². The molecule has 1 aromatic heterocycles. The zero-order valence-electron chi connectivity index (χ0n) is 16.7. The molecular weight excluding hydrogens is 514 g/mol. The predicted octanol–water partition coefficient (Wildman–Crippen LogP) is 5.97. The first kappa shape index (κ1) is 22.3. The molecule has 0 spiro atoms. The van der Waals surface area contributed by atoms with Crippen LogP contribution in [0.1, 0.15) is 20.8 Å². The van der Waals surface area contributed by atoms with Gasteiger partial charge in [-0.1, -0.05) is 40.2 Å². The highest BCUT2D eigenvalue weighted by molar-refractivity contribution is 9.10. The van der Waals surface area contributed by atoms with E-state index in [9.17, 15) is 14.4 Å². The molecule has 2 amide bonds. The standard InChI is InChI=1S/C23H16BrNO5S2/c1-29-18-11-15(6-9-17(18)30-22(27)19-3-2-10-31-19)12-20-21(26)25(23(28)32-20)13-14-4-7-16(24)8-5-14/h2-12H,13H2,1H3/b20-12-. The fraction of sp³-hybridized carbons (Fsp3) is 0.0870. The Bertz CT molecular complexity index is 1210. The van der Waals surface area contributed by atoms with Crippen LogP contribution in [-0.4, -0.2) is 29.1 Å². The van der Waals surface area contributed by atoms with Gasteiger partial charge in [0.05, 0.1) is 18.6 Å². The van der Waals surface area contributed by atoms with Crippen molar-refractivity contribution in [3.8, 4) is 11.5 Å². The molecule has 0 bridgehead atoms. The predicted molar refractivity (Wildman–Crippen MR) is 128 cm³/mol. The number of esters is 1. The van der Waals surface area contributed by atoms with Gasteiger partial charge in [0.2, 0.25) is 0 Å². The number of carbonyl (C=O) groups is 3. The number of hydrogen-bond donors (Lipinski definition) is 0. The summed E-state index contributed by atoms with van der Waals surface area (Å²) in [5, 5.41) is 1.47. The highest BCUT2D eigenvalue weighted by atomic mass is 79.9. The molecule has 9 heteroatoms. The lowest BCUT2D eigenvalue weighted by Crippen LogP contribution is -2.27. The van der Waals surface area contributed by atoms with Crippen molar-refractivity contribution in [1.82, 2.24) is 4.90 Å². The van der Waals surface area contributed by atoms with Gasteiger partial charge in [-0.2, -0.15) is 0 Å². The zero-order chi connectivity index (χ0) is 22.7. The highest BCUT2D eigenvalue weighted by Gasteiger charge is 2.35. The molecule has 4 rings (SSSR count). The number of amides is 2. The normalized spacial score (nSPS) is 14.8. The fourth-order valence-corrected chi connectivity index (χ4v) is 4.66. The Morgan fingerprint density at radius 3 is 2.56 bits per heavy atom. The summed E-state index contributed by atoms with van der Waals surface area (Å²) in [6.07, 6.45) is 1.62. The topological polar surface area (TPSA) is 72.9 Å². The summed E-state index contributed by atoms with van der Waals surface area (Å²) in [6, 6.07) is 15.8. The van der Waals surface area contributed by atoms with Crippen LogP contribution in [0.3, 0.4) is 0 Å². The third-order valence-corrected chi connectivity index (χ3v) is 6.82. The fourth-order valence-electron chi connectivity index (χ4n) is 2.96. The van der Waals surface area contributed by atoms with Gasteiger partial charge in [-0.05, 0) is 64.7 Å². The van der Waals surface area contributed by atoms with Crippen molar-refractivity contribution in [2.24, 2.45) is 0 Å². The number of nitrogens with zero attached hydrogens (tertiary/aromatic N) is 1. The number of carbonyl (C=O) groups excluding carboxylic acids is 3. The minimum absolute atomic E-state index is 0.205. The minimum atomic E-state index is -0.472. The number of rotatable bonds is 6. The summed E-state index contributed by atoms with van der Waals surface area (Å²) in [7, 11) is 1.47. The molecule has 0 N–H and O–H groups in total. The van der Waals surface area contributed by atoms with Crippen LogP contribution in [0, 0.1) is 0 Å². The first-order valence-corrected chi connectivity index (χ1v) is 11.9. The van der Waals surface area contributed by atoms with Gasteiger partial charge in [0.15, 0.2) is 11.5 Å². The number of thioether (sulfide) groups is 1. The van der Waals surface area contributed by atoms with E-state index < -0.39 is 5.97 Å². The van der Waals surface area contributed by atoms with E-state index in [0.717, 1.165) is 21.8 Å². The maximum atomic E-state index is 12.8. The summed E-state index contributed by atoms with van der Waals surface area (Å²) in [6.45, 7) is 0.205. The van der Waals surface area contributed by atoms with Crippen molar-refractivity contribution in [2.75, 3.05) is 7.11 Å². The summed E-state index contributed by atoms with van der Waals surface area (Å²) in [4.78, 5) is 39.4. The lowest BCUT2D eigenvalue weighted by molar-refractivity contribution is -0.123. The van der Waals surface area contributed by atoms with Crippen molar-refractivity contribution in [3.05, 3.63) is 85.4 Å². The van der Waals surface area contributed by atoms with Gasteiger partial charge in [0.25, 0.3) is 11.1 Å². The summed E-state index contributed by atoms with van der Waals surface area (Å²) >= 11 is 5.55. The molecule has 6 nitrogen and oxygen atoms in total. The van der Waals surface area contributed by atoms with Gasteiger partial charge >= 0.3 is 5.97 Å². The SMILES string of the molecule is COc1cc(/C=C2\SC(=O)N(Cc3ccc(Br)cc3)C2=O)ccc1OC(=O)c1cccs1. The maximum Gasteiger partial charge on any atom is 0.353 e. The molecule has 0 saturated carbocycles. The van der Waals surface area contributed by atoms with Crippen LogP contribution in [-0.2, 0) is 11.3 Å². The van der Waals surface area contributed by atoms with E-state index in [1.165, 1.54) is 23.3 Å². The van der Waals surface area contributed by atoms with Gasteiger partial charge < -0.3 is 9.47 Å². The molecule has 1 saturated heterocycles. The molecule has 1 fully saturated rings. The quantitative estimate of drug-likeness (QED) is 0.222. The van der Waals surface area contributed by atoms with Crippen molar-refractivity contribution in [3.63, 3.8) is 0 Å². The Kier molecular flexibility index (Phi) is 6.78. The summed E-state index contributed by atoms with van der Waals surface area (Å²) in [5.41, 5.74) is 1.50. The second kappa shape index (κ2) is 9.72. The van der Waals surface area contributed by atoms with E-state index >= 15 is 0 Å². The molecule has 1 aliphatic rings. The second-order valence-corrected chi connectivity index (χ2v) is 9.53. The summed E-state index contributed by atoms with van der Waals surface area (Å²) in [5.74, 6) is -0.209. The van der Waals surface area contributed by atoms with Crippen molar-refractivity contribution in [1.29, 1.82) is 0 Å². The second-order valence-electron chi connectivity index (χ2n) is 6.67. The third kappa shape index (κ3) is 4.95. The molecular formula is C23H16BrNO5S2. The Labute approximate surface area is 201 Å². The molecule has 2 heterocycles. The van der Waals surface area contributed by atoms with E-state index in [2.05, 4.69) is 15.9 Å². The number of methoxy groups -OCH3 is 1. The molecule has 0 unspecified atom stereocenters. The number of imide groups is 1. The van der Waals surface area contributed by atoms with Gasteiger partial charge in [0, 0.05) is 4.47 Å². The Balaban J connectivity index is 1.51. The summed E-state index contributed by atoms with van der Waals surface area (Å²) < 4.78 is 11.7. The van der Waals surface area contributed by atoms with E-state index in [-0.39, 0.29) is 23.4 Å². The van der Waals surface area contributed by atoms with Crippen LogP contribution < -0.4 is 9.47 Å². The third-order valence-electron chi connectivity index (χ3n) is 4.54. The van der Waals surface area contributed by atoms with Crippen LogP contribution in [0.4, 0.5) is 4.79 Å². The van der Waals surface area contributed by atoms with Gasteiger partial charge in [-0.3, -0.25) is 14.5 Å². The van der Waals surface area contributed by atoms with E-state index in [1.54, 1.807) is 41.8 Å². The number of halogens is 1. The first-order chi connectivity index (χ1) is 15.4. The van der Waals surface area contributed by atoms with Crippen LogP contribution >= 0.6 is 39.0 Å². The Hall–Kier alpha value is -2.88. The van der Waals surface area contributed by atoms with Gasteiger partial charge in [0.1, 0.15) is 4.88 Å². The van der Waals surface area contributed by atoms with Crippen LogP contribution in [0.5, 0.6) is 11.5 Å². The first-order valence-electron chi connectivity index (χ1n) is 9.38. The van der Waals surface area contributed by atoms with Crippen LogP contribution in [0.25, 0.3) is 6.08 Å². The monoisotopic (exact) mass is 529 g/mol. The zero-order valence-corrected chi connectivity index (χ0v) is 20.0. The number of ether oxygens (including phenoxy) is 2. The lowest BCUT2D eigenvalue weighted by atomic mass is 10.1. The minimum Gasteiger partial charge on any atom is -0.493 e. The van der Waals surface area contributed by atoms with E-state index in [1.807, 2.05) is 24.3 Å². The molecule has 1 aliphatic heterocycles. The molecule has 0 radical (unpaired) electrons. The largest absolute Gasteiger partial charge is 0.493 e. The lowest BCUT2D eigenvalue weighted by Gasteiger charge is -2.12. The number of benzene rings is 2. The molecule has 162 valence electrons. The van der Waals surface area contributed by atoms with Crippen molar-refractivity contribution in [2.45, 2.75) is 6.54 Å². The van der Waals surface area contributed by atoms with Gasteiger partial charge in [-0.25, -0.2) is 4.79 Å². The van der Waals surface area contributed by atoms with E-state index in [4.69, 9.17) is 9.47 Å². The number of hydrogen-bond acceptors (Lipinski definition) is 7. The smallest absolute Gasteiger partial charge is 0.353 e. The average molecular weight is 530 g/mol. The molecule has 3 aromatic rings. The Morgan fingerprint density at radius 2 is 1.88 bits per heavy atom. The van der Waals surface area contributed by atoms with Crippen molar-refractivity contribution < 1.29 is 23.9 Å². The molecule has 2 aromatic carbocycles. The average Bonchev–Trinajstić information content (AvgIpc) is 3.41. The van der Waals surface area contributed by atoms with Crippen LogP contribution in [0.15, 0.2) is 69.4 Å². The van der Waals surface area contributed by atoms with Crippen molar-refractivity contribution >= 4 is 62.2 Å².